The lowest BCUT2D eigenvalue weighted by Gasteiger charge is -2.13. The lowest BCUT2D eigenvalue weighted by molar-refractivity contribution is -0.130. The number of esters is 1. The van der Waals surface area contributed by atoms with E-state index >= 15 is 4.39 Å². The zero-order valence-electron chi connectivity index (χ0n) is 17.2. The van der Waals surface area contributed by atoms with Crippen LogP contribution in [-0.2, 0) is 16.1 Å². The van der Waals surface area contributed by atoms with Crippen molar-refractivity contribution in [2.75, 3.05) is 14.2 Å². The molecule has 0 amide bonds. The molecule has 0 bridgehead atoms. The fraction of sp³-hybridized carbons (Fsp3) is 0.160. The Hall–Kier alpha value is -3.44. The van der Waals surface area contributed by atoms with Gasteiger partial charge in [0.25, 0.3) is 0 Å². The molecule has 0 saturated heterocycles. The molecule has 0 atom stereocenters. The second-order valence-electron chi connectivity index (χ2n) is 6.84. The number of hydrogen-bond donors (Lipinski definition) is 0. The second kappa shape index (κ2) is 9.37. The van der Waals surface area contributed by atoms with Gasteiger partial charge in [0, 0.05) is 18.2 Å². The first-order chi connectivity index (χ1) is 14.4. The molecule has 3 aromatic rings. The van der Waals surface area contributed by atoms with E-state index in [9.17, 15) is 4.79 Å². The molecule has 0 aliphatic heterocycles. The summed E-state index contributed by atoms with van der Waals surface area (Å²) >= 11 is 0. The summed E-state index contributed by atoms with van der Waals surface area (Å²) in [5.41, 5.74) is 3.77. The number of carbonyl (C=O) groups excluding carboxylic acids is 1. The summed E-state index contributed by atoms with van der Waals surface area (Å²) in [4.78, 5) is 11.8. The molecule has 0 N–H and O–H groups in total. The van der Waals surface area contributed by atoms with Gasteiger partial charge < -0.3 is 14.2 Å². The summed E-state index contributed by atoms with van der Waals surface area (Å²) < 4.78 is 30.7. The first-order valence-electron chi connectivity index (χ1n) is 9.37. The van der Waals surface area contributed by atoms with Crippen LogP contribution in [0.3, 0.4) is 0 Å². The number of hydrogen-bond acceptors (Lipinski definition) is 4. The Morgan fingerprint density at radius 2 is 1.53 bits per heavy atom. The van der Waals surface area contributed by atoms with Crippen LogP contribution in [0.5, 0.6) is 11.5 Å². The molecule has 154 valence electrons. The molecule has 0 radical (unpaired) electrons. The maximum absolute atomic E-state index is 15.0. The Morgan fingerprint density at radius 3 is 2.13 bits per heavy atom. The predicted octanol–water partition coefficient (Wildman–Crippen LogP) is 5.80. The fourth-order valence-corrected chi connectivity index (χ4v) is 3.06. The summed E-state index contributed by atoms with van der Waals surface area (Å²) in [5.74, 6) is 0.232. The number of rotatable bonds is 7. The van der Waals surface area contributed by atoms with Gasteiger partial charge in [-0.2, -0.15) is 0 Å². The van der Waals surface area contributed by atoms with Gasteiger partial charge in [-0.15, -0.1) is 0 Å². The zero-order valence-corrected chi connectivity index (χ0v) is 17.2. The number of ether oxygens (including phenoxy) is 3. The molecule has 0 fully saturated rings. The van der Waals surface area contributed by atoms with Gasteiger partial charge in [0.1, 0.15) is 17.3 Å². The molecule has 3 rings (SSSR count). The summed E-state index contributed by atoms with van der Waals surface area (Å²) in [6.45, 7) is 5.39. The Balaban J connectivity index is 1.95. The van der Waals surface area contributed by atoms with Gasteiger partial charge in [-0.05, 0) is 59.5 Å². The molecule has 0 heterocycles. The van der Waals surface area contributed by atoms with Gasteiger partial charge >= 0.3 is 5.97 Å². The van der Waals surface area contributed by atoms with Crippen molar-refractivity contribution >= 4 is 5.97 Å². The zero-order chi connectivity index (χ0) is 21.7. The van der Waals surface area contributed by atoms with Crippen molar-refractivity contribution in [3.8, 4) is 33.8 Å². The Kier molecular flexibility index (Phi) is 6.65. The highest BCUT2D eigenvalue weighted by molar-refractivity contribution is 5.89. The molecule has 0 saturated carbocycles. The van der Waals surface area contributed by atoms with Crippen molar-refractivity contribution in [1.29, 1.82) is 0 Å². The van der Waals surface area contributed by atoms with E-state index in [1.165, 1.54) is 6.07 Å². The molecule has 0 spiro atoms. The average Bonchev–Trinajstić information content (AvgIpc) is 2.74. The SMILES string of the molecule is C=C(C)C(=O)Oc1ccc(-c2ccc(-c3ccc(OC)cc3)cc2F)c(COC)c1. The largest absolute Gasteiger partial charge is 0.497 e. The molecule has 5 heteroatoms. The normalized spacial score (nSPS) is 10.5. The van der Waals surface area contributed by atoms with E-state index in [1.807, 2.05) is 30.3 Å². The lowest BCUT2D eigenvalue weighted by atomic mass is 9.96. The van der Waals surface area contributed by atoms with Crippen molar-refractivity contribution in [2.24, 2.45) is 0 Å². The smallest absolute Gasteiger partial charge is 0.338 e. The van der Waals surface area contributed by atoms with Crippen LogP contribution < -0.4 is 9.47 Å². The van der Waals surface area contributed by atoms with Crippen LogP contribution in [0.2, 0.25) is 0 Å². The molecule has 30 heavy (non-hydrogen) atoms. The highest BCUT2D eigenvalue weighted by Crippen LogP contribution is 2.33. The summed E-state index contributed by atoms with van der Waals surface area (Å²) in [5, 5.41) is 0. The van der Waals surface area contributed by atoms with E-state index in [1.54, 1.807) is 45.4 Å². The lowest BCUT2D eigenvalue weighted by Crippen LogP contribution is -2.08. The molecule has 4 nitrogen and oxygen atoms in total. The monoisotopic (exact) mass is 406 g/mol. The van der Waals surface area contributed by atoms with E-state index in [4.69, 9.17) is 14.2 Å². The summed E-state index contributed by atoms with van der Waals surface area (Å²) in [6, 6.07) is 17.6. The third-order valence-corrected chi connectivity index (χ3v) is 4.62. The van der Waals surface area contributed by atoms with E-state index in [-0.39, 0.29) is 12.4 Å². The molecule has 3 aromatic carbocycles. The van der Waals surface area contributed by atoms with Crippen molar-refractivity contribution in [3.63, 3.8) is 0 Å². The van der Waals surface area contributed by atoms with E-state index in [2.05, 4.69) is 6.58 Å². The molecule has 0 aliphatic carbocycles. The summed E-state index contributed by atoms with van der Waals surface area (Å²) in [6.07, 6.45) is 0. The van der Waals surface area contributed by atoms with Gasteiger partial charge in [0.2, 0.25) is 0 Å². The van der Waals surface area contributed by atoms with Crippen molar-refractivity contribution in [2.45, 2.75) is 13.5 Å². The molecular formula is C25H23FO4. The molecule has 0 aromatic heterocycles. The number of carbonyl (C=O) groups is 1. The van der Waals surface area contributed by atoms with Gasteiger partial charge in [-0.3, -0.25) is 0 Å². The van der Waals surface area contributed by atoms with Crippen LogP contribution in [0.1, 0.15) is 12.5 Å². The first-order valence-corrected chi connectivity index (χ1v) is 9.37. The third kappa shape index (κ3) is 4.75. The second-order valence-corrected chi connectivity index (χ2v) is 6.84. The number of methoxy groups -OCH3 is 2. The van der Waals surface area contributed by atoms with Gasteiger partial charge in [0.05, 0.1) is 13.7 Å². The van der Waals surface area contributed by atoms with Crippen molar-refractivity contribution in [3.05, 3.63) is 84.2 Å². The average molecular weight is 406 g/mol. The van der Waals surface area contributed by atoms with Gasteiger partial charge in [-0.25, -0.2) is 9.18 Å². The van der Waals surface area contributed by atoms with E-state index < -0.39 is 5.97 Å². The van der Waals surface area contributed by atoms with Crippen LogP contribution in [0, 0.1) is 5.82 Å². The summed E-state index contributed by atoms with van der Waals surface area (Å²) in [7, 11) is 3.16. The van der Waals surface area contributed by atoms with E-state index in [0.717, 1.165) is 16.9 Å². The minimum absolute atomic E-state index is 0.244. The highest BCUT2D eigenvalue weighted by atomic mass is 19.1. The number of halogens is 1. The van der Waals surface area contributed by atoms with Crippen LogP contribution in [0.4, 0.5) is 4.39 Å². The van der Waals surface area contributed by atoms with Gasteiger partial charge in [0.15, 0.2) is 0 Å². The van der Waals surface area contributed by atoms with E-state index in [0.29, 0.717) is 28.0 Å². The van der Waals surface area contributed by atoms with Crippen molar-refractivity contribution in [1.82, 2.24) is 0 Å². The number of benzene rings is 3. The van der Waals surface area contributed by atoms with Gasteiger partial charge in [-0.1, -0.05) is 36.9 Å². The fourth-order valence-electron chi connectivity index (χ4n) is 3.06. The quantitative estimate of drug-likeness (QED) is 0.283. The Morgan fingerprint density at radius 1 is 0.900 bits per heavy atom. The topological polar surface area (TPSA) is 44.8 Å². The molecular weight excluding hydrogens is 383 g/mol. The van der Waals surface area contributed by atoms with Crippen LogP contribution in [0.15, 0.2) is 72.8 Å². The first kappa shape index (κ1) is 21.3. The minimum Gasteiger partial charge on any atom is -0.497 e. The van der Waals surface area contributed by atoms with Crippen LogP contribution in [0.25, 0.3) is 22.3 Å². The Bertz CT molecular complexity index is 1070. The van der Waals surface area contributed by atoms with Crippen LogP contribution >= 0.6 is 0 Å². The Labute approximate surface area is 175 Å². The predicted molar refractivity (Wildman–Crippen MR) is 115 cm³/mol. The minimum atomic E-state index is -0.513. The van der Waals surface area contributed by atoms with Crippen molar-refractivity contribution < 1.29 is 23.4 Å². The third-order valence-electron chi connectivity index (χ3n) is 4.62. The maximum Gasteiger partial charge on any atom is 0.338 e. The standard InChI is InChI=1S/C25H23FO4/c1-16(2)25(27)30-21-10-12-22(19(13-21)15-28-3)23-11-7-18(14-24(23)26)17-5-8-20(29-4)9-6-17/h5-14H,1,15H2,2-4H3. The van der Waals surface area contributed by atoms with Crippen LogP contribution in [-0.4, -0.2) is 20.2 Å². The maximum atomic E-state index is 15.0. The molecule has 0 aliphatic rings. The highest BCUT2D eigenvalue weighted by Gasteiger charge is 2.14. The molecule has 0 unspecified atom stereocenters.